The quantitative estimate of drug-likeness (QED) is 0.411. The molecule has 4 rings (SSSR count). The molecule has 164 valence electrons. The second kappa shape index (κ2) is 9.41. The standard InChI is InChI=1S/C27H22N2O4/c1-18(16-28)33-22-13-7-19(8-14-22)15-25-23-5-3-4-6-24(23)26(30)29(27(25)31)17-20-9-11-21(32-2)12-10-20/h3-15,18H,17H2,1-2H3/b25-15-/t18-/m0/s1. The lowest BCUT2D eigenvalue weighted by Crippen LogP contribution is -2.41. The molecule has 2 amide bonds. The number of rotatable bonds is 6. The van der Waals surface area contributed by atoms with Crippen LogP contribution in [0.25, 0.3) is 11.6 Å². The minimum Gasteiger partial charge on any atom is -0.497 e. The minimum absolute atomic E-state index is 0.159. The fraction of sp³-hybridized carbons (Fsp3) is 0.148. The Morgan fingerprint density at radius 3 is 2.18 bits per heavy atom. The maximum atomic E-state index is 13.4. The van der Waals surface area contributed by atoms with E-state index in [1.165, 1.54) is 4.90 Å². The van der Waals surface area contributed by atoms with Gasteiger partial charge in [-0.05, 0) is 60.0 Å². The number of amides is 2. The van der Waals surface area contributed by atoms with Crippen molar-refractivity contribution < 1.29 is 19.1 Å². The molecule has 3 aromatic carbocycles. The zero-order chi connectivity index (χ0) is 23.4. The van der Waals surface area contributed by atoms with Gasteiger partial charge >= 0.3 is 0 Å². The summed E-state index contributed by atoms with van der Waals surface area (Å²) in [6.45, 7) is 1.83. The van der Waals surface area contributed by atoms with Gasteiger partial charge in [-0.1, -0.05) is 42.5 Å². The van der Waals surface area contributed by atoms with E-state index >= 15 is 0 Å². The summed E-state index contributed by atoms with van der Waals surface area (Å²) in [6.07, 6.45) is 1.21. The summed E-state index contributed by atoms with van der Waals surface area (Å²) in [4.78, 5) is 27.8. The molecule has 33 heavy (non-hydrogen) atoms. The van der Waals surface area contributed by atoms with Crippen LogP contribution in [0.1, 0.15) is 34.0 Å². The highest BCUT2D eigenvalue weighted by molar-refractivity contribution is 6.33. The van der Waals surface area contributed by atoms with Gasteiger partial charge in [0.05, 0.1) is 13.7 Å². The van der Waals surface area contributed by atoms with Crippen LogP contribution in [-0.4, -0.2) is 29.9 Å². The number of hydrogen-bond donors (Lipinski definition) is 0. The van der Waals surface area contributed by atoms with Crippen LogP contribution >= 0.6 is 0 Å². The van der Waals surface area contributed by atoms with Gasteiger partial charge in [-0.25, -0.2) is 0 Å². The van der Waals surface area contributed by atoms with Gasteiger partial charge in [0.25, 0.3) is 11.8 Å². The number of carbonyl (C=O) groups is 2. The number of benzene rings is 3. The summed E-state index contributed by atoms with van der Waals surface area (Å²) in [5, 5.41) is 8.91. The van der Waals surface area contributed by atoms with Gasteiger partial charge < -0.3 is 9.47 Å². The maximum Gasteiger partial charge on any atom is 0.261 e. The van der Waals surface area contributed by atoms with E-state index in [9.17, 15) is 9.59 Å². The average molecular weight is 438 g/mol. The molecule has 6 nitrogen and oxygen atoms in total. The SMILES string of the molecule is COc1ccc(CN2C(=O)/C(=C\c3ccc(O[C@@H](C)C#N)cc3)c3ccccc3C2=O)cc1. The summed E-state index contributed by atoms with van der Waals surface area (Å²) in [5.41, 5.74) is 3.14. The van der Waals surface area contributed by atoms with E-state index in [0.29, 0.717) is 28.2 Å². The Balaban J connectivity index is 1.68. The Morgan fingerprint density at radius 2 is 1.55 bits per heavy atom. The monoisotopic (exact) mass is 438 g/mol. The normalized spacial score (nSPS) is 15.1. The summed E-state index contributed by atoms with van der Waals surface area (Å²) in [6, 6.07) is 23.5. The number of nitrogens with zero attached hydrogens (tertiary/aromatic N) is 2. The molecule has 0 saturated carbocycles. The highest BCUT2D eigenvalue weighted by Crippen LogP contribution is 2.32. The van der Waals surface area contributed by atoms with Gasteiger partial charge in [0, 0.05) is 11.1 Å². The zero-order valence-electron chi connectivity index (χ0n) is 18.3. The van der Waals surface area contributed by atoms with Gasteiger partial charge in [0.2, 0.25) is 0 Å². The number of methoxy groups -OCH3 is 1. The van der Waals surface area contributed by atoms with Gasteiger partial charge in [0.15, 0.2) is 6.10 Å². The average Bonchev–Trinajstić information content (AvgIpc) is 2.85. The molecule has 1 aliphatic rings. The molecule has 0 unspecified atom stereocenters. The van der Waals surface area contributed by atoms with E-state index in [0.717, 1.165) is 11.1 Å². The van der Waals surface area contributed by atoms with Crippen molar-refractivity contribution in [3.63, 3.8) is 0 Å². The third-order valence-electron chi connectivity index (χ3n) is 5.35. The second-order valence-electron chi connectivity index (χ2n) is 7.61. The Hall–Kier alpha value is -4.37. The van der Waals surface area contributed by atoms with Gasteiger partial charge in [0.1, 0.15) is 17.6 Å². The van der Waals surface area contributed by atoms with Crippen molar-refractivity contribution in [2.75, 3.05) is 7.11 Å². The molecule has 0 aromatic heterocycles. The third-order valence-corrected chi connectivity index (χ3v) is 5.35. The molecule has 3 aromatic rings. The predicted molar refractivity (Wildman–Crippen MR) is 124 cm³/mol. The minimum atomic E-state index is -0.557. The Bertz CT molecular complexity index is 1250. The van der Waals surface area contributed by atoms with Crippen LogP contribution in [0.2, 0.25) is 0 Å². The van der Waals surface area contributed by atoms with E-state index < -0.39 is 6.10 Å². The Morgan fingerprint density at radius 1 is 0.909 bits per heavy atom. The van der Waals surface area contributed by atoms with E-state index in [2.05, 4.69) is 0 Å². The summed E-state index contributed by atoms with van der Waals surface area (Å²) in [5.74, 6) is 0.598. The van der Waals surface area contributed by atoms with Crippen molar-refractivity contribution in [2.24, 2.45) is 0 Å². The van der Waals surface area contributed by atoms with Crippen LogP contribution in [0, 0.1) is 11.3 Å². The zero-order valence-corrected chi connectivity index (χ0v) is 18.3. The first-order valence-electron chi connectivity index (χ1n) is 10.5. The first kappa shape index (κ1) is 21.8. The fourth-order valence-corrected chi connectivity index (χ4v) is 3.64. The van der Waals surface area contributed by atoms with E-state index in [4.69, 9.17) is 14.7 Å². The first-order chi connectivity index (χ1) is 16.0. The predicted octanol–water partition coefficient (Wildman–Crippen LogP) is 4.71. The van der Waals surface area contributed by atoms with Crippen molar-refractivity contribution in [1.29, 1.82) is 5.26 Å². The number of ether oxygens (including phenoxy) is 2. The van der Waals surface area contributed by atoms with Crippen LogP contribution in [0.15, 0.2) is 72.8 Å². The highest BCUT2D eigenvalue weighted by Gasteiger charge is 2.34. The third kappa shape index (κ3) is 4.63. The molecule has 1 aliphatic heterocycles. The summed E-state index contributed by atoms with van der Waals surface area (Å²) < 4.78 is 10.7. The Kier molecular flexibility index (Phi) is 6.23. The van der Waals surface area contributed by atoms with Crippen LogP contribution in [-0.2, 0) is 11.3 Å². The van der Waals surface area contributed by atoms with Crippen LogP contribution < -0.4 is 9.47 Å². The molecule has 0 aliphatic carbocycles. The topological polar surface area (TPSA) is 79.6 Å². The highest BCUT2D eigenvalue weighted by atomic mass is 16.5. The molecule has 1 heterocycles. The Labute approximate surface area is 192 Å². The molecule has 0 radical (unpaired) electrons. The molecule has 0 spiro atoms. The molecular weight excluding hydrogens is 416 g/mol. The van der Waals surface area contributed by atoms with Crippen LogP contribution in [0.3, 0.4) is 0 Å². The fourth-order valence-electron chi connectivity index (χ4n) is 3.64. The van der Waals surface area contributed by atoms with E-state index in [1.54, 1.807) is 62.6 Å². The van der Waals surface area contributed by atoms with Crippen molar-refractivity contribution in [1.82, 2.24) is 4.90 Å². The number of imide groups is 1. The van der Waals surface area contributed by atoms with Gasteiger partial charge in [-0.15, -0.1) is 0 Å². The number of carbonyl (C=O) groups excluding carboxylic acids is 2. The summed E-state index contributed by atoms with van der Waals surface area (Å²) >= 11 is 0. The van der Waals surface area contributed by atoms with Crippen LogP contribution in [0.5, 0.6) is 11.5 Å². The van der Waals surface area contributed by atoms with E-state index in [1.807, 2.05) is 36.4 Å². The van der Waals surface area contributed by atoms with E-state index in [-0.39, 0.29) is 18.4 Å². The molecule has 0 N–H and O–H groups in total. The lowest BCUT2D eigenvalue weighted by Gasteiger charge is -2.29. The molecule has 1 atom stereocenters. The molecule has 0 fully saturated rings. The molecular formula is C27H22N2O4. The number of fused-ring (bicyclic) bond motifs is 1. The smallest absolute Gasteiger partial charge is 0.261 e. The van der Waals surface area contributed by atoms with Crippen molar-refractivity contribution in [2.45, 2.75) is 19.6 Å². The maximum absolute atomic E-state index is 13.4. The molecule has 6 heteroatoms. The number of nitriles is 1. The first-order valence-corrected chi connectivity index (χ1v) is 10.5. The lowest BCUT2D eigenvalue weighted by atomic mass is 9.91. The van der Waals surface area contributed by atoms with Gasteiger partial charge in [-0.2, -0.15) is 5.26 Å². The van der Waals surface area contributed by atoms with Crippen molar-refractivity contribution >= 4 is 23.5 Å². The lowest BCUT2D eigenvalue weighted by molar-refractivity contribution is -0.123. The summed E-state index contributed by atoms with van der Waals surface area (Å²) in [7, 11) is 1.59. The van der Waals surface area contributed by atoms with Crippen LogP contribution in [0.4, 0.5) is 0 Å². The second-order valence-corrected chi connectivity index (χ2v) is 7.61. The van der Waals surface area contributed by atoms with Crippen molar-refractivity contribution in [3.8, 4) is 17.6 Å². The molecule has 0 saturated heterocycles. The number of hydrogen-bond acceptors (Lipinski definition) is 5. The van der Waals surface area contributed by atoms with Gasteiger partial charge in [-0.3, -0.25) is 14.5 Å². The largest absolute Gasteiger partial charge is 0.497 e. The molecule has 0 bridgehead atoms. The van der Waals surface area contributed by atoms with Crippen molar-refractivity contribution in [3.05, 3.63) is 95.1 Å².